The maximum absolute atomic E-state index is 11.8. The van der Waals surface area contributed by atoms with E-state index in [0.717, 1.165) is 10.8 Å². The smallest absolute Gasteiger partial charge is 0.344 e. The van der Waals surface area contributed by atoms with Gasteiger partial charge in [-0.05, 0) is 23.6 Å². The van der Waals surface area contributed by atoms with Crippen molar-refractivity contribution in [3.63, 3.8) is 0 Å². The highest BCUT2D eigenvalue weighted by molar-refractivity contribution is 6.05. The summed E-state index contributed by atoms with van der Waals surface area (Å²) in [6.45, 7) is 0. The summed E-state index contributed by atoms with van der Waals surface area (Å²) < 4.78 is 5.25. The molecule has 3 aromatic rings. The van der Waals surface area contributed by atoms with Gasteiger partial charge in [-0.2, -0.15) is 0 Å². The van der Waals surface area contributed by atoms with E-state index in [4.69, 9.17) is 10.2 Å². The number of anilines is 1. The van der Waals surface area contributed by atoms with E-state index in [1.54, 1.807) is 30.3 Å². The zero-order valence-electron chi connectivity index (χ0n) is 9.84. The lowest BCUT2D eigenvalue weighted by molar-refractivity contribution is 0.259. The minimum atomic E-state index is -0.664. The molecule has 0 unspecified atom stereocenters. The monoisotopic (exact) mass is 254 g/mol. The summed E-state index contributed by atoms with van der Waals surface area (Å²) in [6.07, 6.45) is 0. The predicted octanol–water partition coefficient (Wildman–Crippen LogP) is 2.44. The number of nitrogens with two attached hydrogens (primary N) is 1. The molecule has 3 N–H and O–H groups in total. The normalized spacial score (nSPS) is 10.7. The van der Waals surface area contributed by atoms with Crippen molar-refractivity contribution < 1.29 is 9.21 Å². The third-order valence-corrected chi connectivity index (χ3v) is 2.89. The van der Waals surface area contributed by atoms with Crippen molar-refractivity contribution in [3.05, 3.63) is 52.9 Å². The Kier molecular flexibility index (Phi) is 2.45. The lowest BCUT2D eigenvalue weighted by atomic mass is 10.1. The Hall–Kier alpha value is -2.82. The first kappa shape index (κ1) is 11.3. The maximum atomic E-state index is 11.8. The highest BCUT2D eigenvalue weighted by Crippen LogP contribution is 2.25. The number of nitrogens with one attached hydrogen (secondary N) is 1. The molecule has 5 nitrogen and oxygen atoms in total. The SMILES string of the molecule is NC(=O)Nc1ccc2c(c1)oc(=O)c1ccccc12. The molecule has 0 saturated heterocycles. The van der Waals surface area contributed by atoms with Gasteiger partial charge in [-0.1, -0.05) is 18.2 Å². The molecule has 94 valence electrons. The Balaban J connectivity index is 2.34. The molecule has 2 amide bonds. The van der Waals surface area contributed by atoms with Crippen molar-refractivity contribution in [2.24, 2.45) is 5.73 Å². The first-order valence-electron chi connectivity index (χ1n) is 5.67. The van der Waals surface area contributed by atoms with Crippen molar-refractivity contribution >= 4 is 33.5 Å². The molecule has 0 aliphatic heterocycles. The largest absolute Gasteiger partial charge is 0.422 e. The topological polar surface area (TPSA) is 85.3 Å². The van der Waals surface area contributed by atoms with Crippen molar-refractivity contribution in [2.75, 3.05) is 5.32 Å². The fraction of sp³-hybridized carbons (Fsp3) is 0. The zero-order valence-corrected chi connectivity index (χ0v) is 9.84. The molecule has 1 aromatic heterocycles. The first-order chi connectivity index (χ1) is 9.15. The maximum Gasteiger partial charge on any atom is 0.344 e. The van der Waals surface area contributed by atoms with Gasteiger partial charge in [0.15, 0.2) is 0 Å². The molecular weight excluding hydrogens is 244 g/mol. The van der Waals surface area contributed by atoms with E-state index in [9.17, 15) is 9.59 Å². The lowest BCUT2D eigenvalue weighted by Crippen LogP contribution is -2.19. The van der Waals surface area contributed by atoms with Gasteiger partial charge in [0.2, 0.25) is 0 Å². The summed E-state index contributed by atoms with van der Waals surface area (Å²) >= 11 is 0. The Morgan fingerprint density at radius 3 is 2.53 bits per heavy atom. The third kappa shape index (κ3) is 1.91. The molecule has 0 saturated carbocycles. The molecule has 0 radical (unpaired) electrons. The number of carbonyl (C=O) groups is 1. The van der Waals surface area contributed by atoms with E-state index < -0.39 is 11.7 Å². The third-order valence-electron chi connectivity index (χ3n) is 2.89. The van der Waals surface area contributed by atoms with Gasteiger partial charge in [0, 0.05) is 17.1 Å². The van der Waals surface area contributed by atoms with Gasteiger partial charge >= 0.3 is 11.7 Å². The molecule has 0 aliphatic carbocycles. The van der Waals surface area contributed by atoms with Crippen LogP contribution in [0.4, 0.5) is 10.5 Å². The first-order valence-corrected chi connectivity index (χ1v) is 5.67. The van der Waals surface area contributed by atoms with Gasteiger partial charge in [-0.15, -0.1) is 0 Å². The highest BCUT2D eigenvalue weighted by Gasteiger charge is 2.07. The second kappa shape index (κ2) is 4.13. The number of fused-ring (bicyclic) bond motifs is 3. The summed E-state index contributed by atoms with van der Waals surface area (Å²) in [5.41, 5.74) is 5.54. The predicted molar refractivity (Wildman–Crippen MR) is 73.2 cm³/mol. The van der Waals surface area contributed by atoms with Crippen LogP contribution < -0.4 is 16.7 Å². The lowest BCUT2D eigenvalue weighted by Gasteiger charge is -2.05. The van der Waals surface area contributed by atoms with Crippen molar-refractivity contribution in [1.29, 1.82) is 0 Å². The van der Waals surface area contributed by atoms with Crippen LogP contribution in [0.1, 0.15) is 0 Å². The number of benzene rings is 2. The fourth-order valence-electron chi connectivity index (χ4n) is 2.10. The Bertz CT molecular complexity index is 852. The number of hydrogen-bond acceptors (Lipinski definition) is 3. The zero-order chi connectivity index (χ0) is 13.4. The molecule has 5 heteroatoms. The summed E-state index contributed by atoms with van der Waals surface area (Å²) in [5, 5.41) is 4.60. The number of rotatable bonds is 1. The van der Waals surface area contributed by atoms with Crippen LogP contribution in [0, 0.1) is 0 Å². The number of primary amides is 1. The summed E-state index contributed by atoms with van der Waals surface area (Å²) in [4.78, 5) is 22.7. The average Bonchev–Trinajstić information content (AvgIpc) is 2.38. The Morgan fingerprint density at radius 2 is 1.79 bits per heavy atom. The van der Waals surface area contributed by atoms with E-state index in [1.165, 1.54) is 0 Å². The Labute approximate surface area is 107 Å². The van der Waals surface area contributed by atoms with E-state index in [2.05, 4.69) is 5.32 Å². The van der Waals surface area contributed by atoms with Crippen LogP contribution >= 0.6 is 0 Å². The molecule has 0 bridgehead atoms. The summed E-state index contributed by atoms with van der Waals surface area (Å²) in [5.74, 6) is 0. The number of amides is 2. The average molecular weight is 254 g/mol. The highest BCUT2D eigenvalue weighted by atomic mass is 16.4. The fourth-order valence-corrected chi connectivity index (χ4v) is 2.10. The van der Waals surface area contributed by atoms with Crippen molar-refractivity contribution in [1.82, 2.24) is 0 Å². The molecule has 0 atom stereocenters. The van der Waals surface area contributed by atoms with Crippen LogP contribution in [0.2, 0.25) is 0 Å². The molecule has 0 aliphatic rings. The van der Waals surface area contributed by atoms with Crippen LogP contribution in [-0.2, 0) is 0 Å². The van der Waals surface area contributed by atoms with Crippen LogP contribution in [0.25, 0.3) is 21.7 Å². The summed E-state index contributed by atoms with van der Waals surface area (Å²) in [6, 6.07) is 11.6. The van der Waals surface area contributed by atoms with Gasteiger partial charge in [0.05, 0.1) is 5.39 Å². The second-order valence-electron chi connectivity index (χ2n) is 4.14. The molecule has 19 heavy (non-hydrogen) atoms. The quantitative estimate of drug-likeness (QED) is 0.516. The summed E-state index contributed by atoms with van der Waals surface area (Å²) in [7, 11) is 0. The van der Waals surface area contributed by atoms with Crippen LogP contribution in [0.5, 0.6) is 0 Å². The Morgan fingerprint density at radius 1 is 1.05 bits per heavy atom. The van der Waals surface area contributed by atoms with Crippen molar-refractivity contribution in [2.45, 2.75) is 0 Å². The second-order valence-corrected chi connectivity index (χ2v) is 4.14. The van der Waals surface area contributed by atoms with Crippen LogP contribution in [0.15, 0.2) is 51.7 Å². The minimum absolute atomic E-state index is 0.403. The molecule has 0 spiro atoms. The van der Waals surface area contributed by atoms with Gasteiger partial charge in [0.25, 0.3) is 0 Å². The van der Waals surface area contributed by atoms with Gasteiger partial charge < -0.3 is 15.5 Å². The molecule has 2 aromatic carbocycles. The number of urea groups is 1. The van der Waals surface area contributed by atoms with E-state index in [1.807, 2.05) is 12.1 Å². The minimum Gasteiger partial charge on any atom is -0.422 e. The molecule has 1 heterocycles. The van der Waals surface area contributed by atoms with Crippen LogP contribution in [0.3, 0.4) is 0 Å². The van der Waals surface area contributed by atoms with Gasteiger partial charge in [-0.3, -0.25) is 0 Å². The molecule has 3 rings (SSSR count). The van der Waals surface area contributed by atoms with Gasteiger partial charge in [-0.25, -0.2) is 9.59 Å². The number of hydrogen-bond donors (Lipinski definition) is 2. The molecule has 0 fully saturated rings. The molecular formula is C14H10N2O3. The van der Waals surface area contributed by atoms with Crippen molar-refractivity contribution in [3.8, 4) is 0 Å². The van der Waals surface area contributed by atoms with E-state index in [-0.39, 0.29) is 0 Å². The number of carbonyl (C=O) groups excluding carboxylic acids is 1. The van der Waals surface area contributed by atoms with E-state index in [0.29, 0.717) is 16.7 Å². The van der Waals surface area contributed by atoms with Crippen LogP contribution in [-0.4, -0.2) is 6.03 Å². The van der Waals surface area contributed by atoms with E-state index >= 15 is 0 Å². The standard InChI is InChI=1S/C14H10N2O3/c15-14(18)16-8-5-6-10-9-3-1-2-4-11(9)13(17)19-12(10)7-8/h1-7H,(H3,15,16,18). The van der Waals surface area contributed by atoms with Gasteiger partial charge in [0.1, 0.15) is 5.58 Å².